The molecule has 2 N–H and O–H groups in total. The maximum Gasteiger partial charge on any atom is 0.235 e. The van der Waals surface area contributed by atoms with E-state index in [4.69, 9.17) is 4.74 Å². The fraction of sp³-hybridized carbons (Fsp3) is 0.286. The van der Waals surface area contributed by atoms with Crippen molar-refractivity contribution < 1.29 is 14.6 Å². The molecule has 2 aromatic rings. The van der Waals surface area contributed by atoms with E-state index in [0.29, 0.717) is 17.3 Å². The highest BCUT2D eigenvalue weighted by Gasteiger charge is 2.27. The molecule has 0 aliphatic carbocycles. The number of phenols is 1. The van der Waals surface area contributed by atoms with Crippen molar-refractivity contribution in [3.05, 3.63) is 35.5 Å². The van der Waals surface area contributed by atoms with Crippen LogP contribution in [0.1, 0.15) is 16.4 Å². The Morgan fingerprint density at radius 3 is 3.05 bits per heavy atom. The zero-order valence-electron chi connectivity index (χ0n) is 11.7. The summed E-state index contributed by atoms with van der Waals surface area (Å²) in [7, 11) is 3.30. The van der Waals surface area contributed by atoms with Crippen LogP contribution in [0.25, 0.3) is 0 Å². The van der Waals surface area contributed by atoms with Gasteiger partial charge in [-0.2, -0.15) is 5.10 Å². The van der Waals surface area contributed by atoms with Crippen LogP contribution in [-0.2, 0) is 11.8 Å². The number of amides is 1. The first kappa shape index (κ1) is 13.8. The molecule has 0 radical (unpaired) electrons. The van der Waals surface area contributed by atoms with Crippen molar-refractivity contribution in [2.75, 3.05) is 18.2 Å². The van der Waals surface area contributed by atoms with Gasteiger partial charge in [-0.15, -0.1) is 11.8 Å². The maximum absolute atomic E-state index is 11.8. The van der Waals surface area contributed by atoms with Gasteiger partial charge < -0.3 is 15.2 Å². The SMILES string of the molecule is COc1ccc(C2SCC(=O)Nc3c2cnn3C)cc1O. The Labute approximate surface area is 126 Å². The Morgan fingerprint density at radius 2 is 2.33 bits per heavy atom. The predicted molar refractivity (Wildman–Crippen MR) is 80.8 cm³/mol. The molecule has 1 aliphatic rings. The number of nitrogens with zero attached hydrogens (tertiary/aromatic N) is 2. The molecule has 0 saturated carbocycles. The summed E-state index contributed by atoms with van der Waals surface area (Å²) < 4.78 is 6.71. The number of benzene rings is 1. The number of phenolic OH excluding ortho intramolecular Hbond substituents is 1. The van der Waals surface area contributed by atoms with Gasteiger partial charge in [0.15, 0.2) is 11.5 Å². The monoisotopic (exact) mass is 305 g/mol. The highest BCUT2D eigenvalue weighted by atomic mass is 32.2. The lowest BCUT2D eigenvalue weighted by atomic mass is 10.1. The Balaban J connectivity index is 2.05. The van der Waals surface area contributed by atoms with Crippen molar-refractivity contribution in [2.45, 2.75) is 5.25 Å². The summed E-state index contributed by atoms with van der Waals surface area (Å²) in [5, 5.41) is 17.0. The van der Waals surface area contributed by atoms with E-state index in [-0.39, 0.29) is 16.9 Å². The summed E-state index contributed by atoms with van der Waals surface area (Å²) in [6, 6.07) is 5.29. The molecule has 7 heteroatoms. The Morgan fingerprint density at radius 1 is 1.52 bits per heavy atom. The van der Waals surface area contributed by atoms with Crippen molar-refractivity contribution in [1.82, 2.24) is 9.78 Å². The summed E-state index contributed by atoms with van der Waals surface area (Å²) in [5.74, 6) is 1.52. The molecule has 110 valence electrons. The number of aromatic nitrogens is 2. The van der Waals surface area contributed by atoms with Crippen LogP contribution in [0.3, 0.4) is 0 Å². The third kappa shape index (κ3) is 2.44. The van der Waals surface area contributed by atoms with E-state index in [0.717, 1.165) is 11.1 Å². The number of methoxy groups -OCH3 is 1. The minimum Gasteiger partial charge on any atom is -0.504 e. The summed E-state index contributed by atoms with van der Waals surface area (Å²) in [6.45, 7) is 0. The van der Waals surface area contributed by atoms with Gasteiger partial charge in [-0.05, 0) is 17.7 Å². The molecular weight excluding hydrogens is 290 g/mol. The van der Waals surface area contributed by atoms with Crippen molar-refractivity contribution in [1.29, 1.82) is 0 Å². The molecule has 0 bridgehead atoms. The van der Waals surface area contributed by atoms with E-state index in [1.165, 1.54) is 18.9 Å². The molecule has 0 fully saturated rings. The molecule has 1 unspecified atom stereocenters. The quantitative estimate of drug-likeness (QED) is 0.886. The van der Waals surface area contributed by atoms with Gasteiger partial charge in [-0.1, -0.05) is 6.07 Å². The molecule has 1 aliphatic heterocycles. The molecule has 3 rings (SSSR count). The lowest BCUT2D eigenvalue weighted by Crippen LogP contribution is -2.15. The highest BCUT2D eigenvalue weighted by Crippen LogP contribution is 2.43. The number of fused-ring (bicyclic) bond motifs is 1. The predicted octanol–water partition coefficient (Wildman–Crippen LogP) is 1.91. The summed E-state index contributed by atoms with van der Waals surface area (Å²) in [6.07, 6.45) is 1.75. The largest absolute Gasteiger partial charge is 0.504 e. The lowest BCUT2D eigenvalue weighted by Gasteiger charge is -2.15. The van der Waals surface area contributed by atoms with Crippen LogP contribution in [0, 0.1) is 0 Å². The topological polar surface area (TPSA) is 76.4 Å². The standard InChI is InChI=1S/C14H15N3O3S/c1-17-14-9(6-15-17)13(21-7-12(19)16-14)8-3-4-11(20-2)10(18)5-8/h3-6,13,18H,7H2,1-2H3,(H,16,19). The number of carbonyl (C=O) groups excluding carboxylic acids is 1. The maximum atomic E-state index is 11.8. The minimum absolute atomic E-state index is 0.0508. The van der Waals surface area contributed by atoms with Crippen molar-refractivity contribution in [3.63, 3.8) is 0 Å². The Kier molecular flexibility index (Phi) is 3.50. The Bertz CT molecular complexity index is 699. The molecule has 1 aromatic carbocycles. The Hall–Kier alpha value is -2.15. The molecule has 21 heavy (non-hydrogen) atoms. The first-order valence-electron chi connectivity index (χ1n) is 6.40. The van der Waals surface area contributed by atoms with Crippen LogP contribution in [0.2, 0.25) is 0 Å². The molecule has 1 amide bonds. The summed E-state index contributed by atoms with van der Waals surface area (Å²) in [4.78, 5) is 11.8. The second kappa shape index (κ2) is 5.33. The second-order valence-electron chi connectivity index (χ2n) is 4.74. The van der Waals surface area contributed by atoms with E-state index < -0.39 is 0 Å². The number of thioether (sulfide) groups is 1. The van der Waals surface area contributed by atoms with Gasteiger partial charge in [-0.3, -0.25) is 9.48 Å². The number of hydrogen-bond acceptors (Lipinski definition) is 5. The third-order valence-corrected chi connectivity index (χ3v) is 4.68. The van der Waals surface area contributed by atoms with Crippen LogP contribution < -0.4 is 10.1 Å². The zero-order valence-corrected chi connectivity index (χ0v) is 12.5. The lowest BCUT2D eigenvalue weighted by molar-refractivity contribution is -0.113. The van der Waals surface area contributed by atoms with E-state index in [2.05, 4.69) is 10.4 Å². The molecule has 1 aromatic heterocycles. The molecule has 0 spiro atoms. The molecule has 0 saturated heterocycles. The van der Waals surface area contributed by atoms with Crippen molar-refractivity contribution in [2.24, 2.45) is 7.05 Å². The van der Waals surface area contributed by atoms with Gasteiger partial charge in [-0.25, -0.2) is 0 Å². The van der Waals surface area contributed by atoms with Crippen LogP contribution in [-0.4, -0.2) is 33.7 Å². The van der Waals surface area contributed by atoms with Crippen molar-refractivity contribution in [3.8, 4) is 11.5 Å². The number of nitrogens with one attached hydrogen (secondary N) is 1. The number of hydrogen-bond donors (Lipinski definition) is 2. The minimum atomic E-state index is -0.0653. The fourth-order valence-corrected chi connectivity index (χ4v) is 3.44. The molecule has 1 atom stereocenters. The fourth-order valence-electron chi connectivity index (χ4n) is 2.36. The number of ether oxygens (including phenoxy) is 1. The molecule has 2 heterocycles. The first-order valence-corrected chi connectivity index (χ1v) is 7.45. The second-order valence-corrected chi connectivity index (χ2v) is 5.84. The first-order chi connectivity index (χ1) is 10.1. The van der Waals surface area contributed by atoms with E-state index in [1.807, 2.05) is 6.07 Å². The summed E-state index contributed by atoms with van der Waals surface area (Å²) in [5.41, 5.74) is 1.84. The third-order valence-electron chi connectivity index (χ3n) is 3.39. The van der Waals surface area contributed by atoms with E-state index in [1.54, 1.807) is 30.1 Å². The van der Waals surface area contributed by atoms with Gasteiger partial charge in [0.25, 0.3) is 0 Å². The van der Waals surface area contributed by atoms with Crippen LogP contribution >= 0.6 is 11.8 Å². The van der Waals surface area contributed by atoms with E-state index >= 15 is 0 Å². The van der Waals surface area contributed by atoms with Crippen LogP contribution in [0.15, 0.2) is 24.4 Å². The average molecular weight is 305 g/mol. The number of aromatic hydroxyl groups is 1. The van der Waals surface area contributed by atoms with Crippen LogP contribution in [0.4, 0.5) is 5.82 Å². The number of anilines is 1. The number of carbonyl (C=O) groups is 1. The van der Waals surface area contributed by atoms with Gasteiger partial charge in [0, 0.05) is 12.6 Å². The van der Waals surface area contributed by atoms with Crippen LogP contribution in [0.5, 0.6) is 11.5 Å². The molecule has 6 nitrogen and oxygen atoms in total. The average Bonchev–Trinajstić information content (AvgIpc) is 2.72. The number of aryl methyl sites for hydroxylation is 1. The van der Waals surface area contributed by atoms with Crippen molar-refractivity contribution >= 4 is 23.5 Å². The highest BCUT2D eigenvalue weighted by molar-refractivity contribution is 8.00. The van der Waals surface area contributed by atoms with Gasteiger partial charge >= 0.3 is 0 Å². The normalized spacial score (nSPS) is 17.8. The smallest absolute Gasteiger partial charge is 0.235 e. The van der Waals surface area contributed by atoms with Gasteiger partial charge in [0.2, 0.25) is 5.91 Å². The number of rotatable bonds is 2. The molecular formula is C14H15N3O3S. The zero-order chi connectivity index (χ0) is 15.0. The summed E-state index contributed by atoms with van der Waals surface area (Å²) >= 11 is 1.51. The van der Waals surface area contributed by atoms with Gasteiger partial charge in [0.05, 0.1) is 24.3 Å². The van der Waals surface area contributed by atoms with E-state index in [9.17, 15) is 9.90 Å². The van der Waals surface area contributed by atoms with Gasteiger partial charge in [0.1, 0.15) is 5.82 Å².